The van der Waals surface area contributed by atoms with Crippen molar-refractivity contribution in [2.24, 2.45) is 18.9 Å². The minimum absolute atomic E-state index is 0.00532. The van der Waals surface area contributed by atoms with Crippen molar-refractivity contribution in [3.8, 4) is 0 Å². The molecule has 0 bridgehead atoms. The molecule has 1 fully saturated rings. The first-order valence-electron chi connectivity index (χ1n) is 8.29. The van der Waals surface area contributed by atoms with Gasteiger partial charge in [-0.3, -0.25) is 19.1 Å². The molecule has 2 aromatic heterocycles. The van der Waals surface area contributed by atoms with E-state index in [9.17, 15) is 14.4 Å². The first-order chi connectivity index (χ1) is 11.4. The molecular weight excluding hydrogens is 312 g/mol. The molecule has 1 aliphatic carbocycles. The van der Waals surface area contributed by atoms with Crippen molar-refractivity contribution in [3.05, 3.63) is 26.7 Å². The number of hydrogen-bond donors (Lipinski definition) is 1. The molecule has 1 saturated carbocycles. The number of carbonyl (C=O) groups excluding carboxylic acids is 1. The molecule has 130 valence electrons. The number of rotatable bonds is 6. The number of aryl methyl sites for hydroxylation is 2. The number of unbranched alkanes of at least 4 members (excludes halogenated alkanes) is 1. The molecule has 0 aliphatic heterocycles. The molecule has 8 heteroatoms. The fraction of sp³-hybridized carbons (Fsp3) is 0.625. The summed E-state index contributed by atoms with van der Waals surface area (Å²) in [7, 11) is 1.68. The first-order valence-corrected chi connectivity index (χ1v) is 8.29. The Balaban J connectivity index is 1.93. The quantitative estimate of drug-likeness (QED) is 0.792. The van der Waals surface area contributed by atoms with Crippen molar-refractivity contribution in [3.63, 3.8) is 0 Å². The average molecular weight is 334 g/mol. The van der Waals surface area contributed by atoms with Gasteiger partial charge in [0.25, 0.3) is 5.56 Å². The smallest absolute Gasteiger partial charge is 0.330 e. The Morgan fingerprint density at radius 2 is 2.12 bits per heavy atom. The van der Waals surface area contributed by atoms with Gasteiger partial charge in [0.05, 0.1) is 5.92 Å². The second kappa shape index (κ2) is 6.26. The molecule has 2 heterocycles. The van der Waals surface area contributed by atoms with Gasteiger partial charge >= 0.3 is 11.7 Å². The van der Waals surface area contributed by atoms with Crippen LogP contribution in [-0.4, -0.2) is 25.1 Å². The second-order valence-corrected chi connectivity index (χ2v) is 6.45. The molecule has 0 amide bonds. The van der Waals surface area contributed by atoms with Gasteiger partial charge in [0, 0.05) is 13.6 Å². The van der Waals surface area contributed by atoms with Crippen LogP contribution in [0.15, 0.2) is 9.59 Å². The molecule has 8 nitrogen and oxygen atoms in total. The molecule has 2 aromatic rings. The van der Waals surface area contributed by atoms with Gasteiger partial charge in [0.2, 0.25) is 0 Å². The van der Waals surface area contributed by atoms with E-state index < -0.39 is 11.2 Å². The Morgan fingerprint density at radius 3 is 2.75 bits per heavy atom. The minimum Gasteiger partial charge on any atom is -0.457 e. The number of hydrogen-bond acceptors (Lipinski definition) is 5. The van der Waals surface area contributed by atoms with Crippen LogP contribution in [0.4, 0.5) is 0 Å². The Hall–Kier alpha value is -2.38. The van der Waals surface area contributed by atoms with Gasteiger partial charge in [-0.15, -0.1) is 0 Å². The monoisotopic (exact) mass is 334 g/mol. The molecule has 0 unspecified atom stereocenters. The van der Waals surface area contributed by atoms with E-state index in [2.05, 4.69) is 9.97 Å². The maximum absolute atomic E-state index is 12.1. The maximum atomic E-state index is 12.1. The zero-order chi connectivity index (χ0) is 17.4. The SMILES string of the molecule is CCCCn1c(=O)[nH]c(=O)c2c1nc(COC(=O)[C@H]1C[C@@H]1C)n2C. The van der Waals surface area contributed by atoms with E-state index in [0.717, 1.165) is 19.3 Å². The zero-order valence-electron chi connectivity index (χ0n) is 14.2. The van der Waals surface area contributed by atoms with Crippen LogP contribution in [0.25, 0.3) is 11.2 Å². The summed E-state index contributed by atoms with van der Waals surface area (Å²) >= 11 is 0. The lowest BCUT2D eigenvalue weighted by Crippen LogP contribution is -2.31. The summed E-state index contributed by atoms with van der Waals surface area (Å²) in [5, 5.41) is 0. The zero-order valence-corrected chi connectivity index (χ0v) is 14.2. The summed E-state index contributed by atoms with van der Waals surface area (Å²) < 4.78 is 8.35. The Bertz CT molecular complexity index is 892. The molecule has 0 saturated heterocycles. The van der Waals surface area contributed by atoms with Crippen molar-refractivity contribution in [2.45, 2.75) is 46.3 Å². The van der Waals surface area contributed by atoms with Crippen LogP contribution in [0.5, 0.6) is 0 Å². The number of esters is 1. The Labute approximate surface area is 138 Å². The van der Waals surface area contributed by atoms with Crippen molar-refractivity contribution >= 4 is 17.1 Å². The summed E-state index contributed by atoms with van der Waals surface area (Å²) in [6, 6.07) is 0. The molecule has 3 rings (SSSR count). The van der Waals surface area contributed by atoms with E-state index in [1.165, 1.54) is 4.57 Å². The molecule has 0 spiro atoms. The third-order valence-electron chi connectivity index (χ3n) is 4.60. The predicted molar refractivity (Wildman–Crippen MR) is 87.6 cm³/mol. The van der Waals surface area contributed by atoms with E-state index in [0.29, 0.717) is 29.5 Å². The third kappa shape index (κ3) is 2.88. The Kier molecular flexibility index (Phi) is 4.29. The summed E-state index contributed by atoms with van der Waals surface area (Å²) in [5.74, 6) is 0.575. The van der Waals surface area contributed by atoms with Crippen molar-refractivity contribution in [2.75, 3.05) is 0 Å². The van der Waals surface area contributed by atoms with Gasteiger partial charge in [-0.05, 0) is 18.8 Å². The molecule has 2 atom stereocenters. The molecular formula is C16H22N4O4. The van der Waals surface area contributed by atoms with Crippen molar-refractivity contribution in [1.29, 1.82) is 0 Å². The van der Waals surface area contributed by atoms with Crippen LogP contribution in [0.1, 0.15) is 38.9 Å². The number of ether oxygens (including phenoxy) is 1. The molecule has 1 aliphatic rings. The highest BCUT2D eigenvalue weighted by Gasteiger charge is 2.40. The number of nitrogens with zero attached hydrogens (tertiary/aromatic N) is 3. The summed E-state index contributed by atoms with van der Waals surface area (Å²) in [5.41, 5.74) is -0.289. The van der Waals surface area contributed by atoms with Gasteiger partial charge < -0.3 is 9.30 Å². The fourth-order valence-corrected chi connectivity index (χ4v) is 2.84. The lowest BCUT2D eigenvalue weighted by molar-refractivity contribution is -0.147. The predicted octanol–water partition coefficient (Wildman–Crippen LogP) is 0.923. The lowest BCUT2D eigenvalue weighted by atomic mass is 10.3. The van der Waals surface area contributed by atoms with Crippen LogP contribution >= 0.6 is 0 Å². The van der Waals surface area contributed by atoms with Crippen molar-refractivity contribution < 1.29 is 9.53 Å². The standard InChI is InChI=1S/C16H22N4O4/c1-4-5-6-20-13-12(14(21)18-16(20)23)19(3)11(17-13)8-24-15(22)10-7-9(10)2/h9-10H,4-8H2,1-3H3,(H,18,21,23)/t9-,10-/m0/s1. The third-order valence-corrected chi connectivity index (χ3v) is 4.60. The van der Waals surface area contributed by atoms with Crippen LogP contribution < -0.4 is 11.2 Å². The topological polar surface area (TPSA) is 99.0 Å². The maximum Gasteiger partial charge on any atom is 0.330 e. The van der Waals surface area contributed by atoms with Crippen LogP contribution in [0, 0.1) is 11.8 Å². The van der Waals surface area contributed by atoms with Gasteiger partial charge in [-0.1, -0.05) is 20.3 Å². The van der Waals surface area contributed by atoms with Crippen LogP contribution in [0.3, 0.4) is 0 Å². The fourth-order valence-electron chi connectivity index (χ4n) is 2.84. The normalized spacial score (nSPS) is 19.6. The lowest BCUT2D eigenvalue weighted by Gasteiger charge is -2.04. The van der Waals surface area contributed by atoms with E-state index in [-0.39, 0.29) is 18.5 Å². The number of carbonyl (C=O) groups is 1. The number of nitrogens with one attached hydrogen (secondary N) is 1. The van der Waals surface area contributed by atoms with Crippen LogP contribution in [0.2, 0.25) is 0 Å². The number of H-pyrrole nitrogens is 1. The number of fused-ring (bicyclic) bond motifs is 1. The van der Waals surface area contributed by atoms with Gasteiger partial charge in [-0.2, -0.15) is 0 Å². The van der Waals surface area contributed by atoms with E-state index in [1.54, 1.807) is 11.6 Å². The molecule has 24 heavy (non-hydrogen) atoms. The molecule has 0 radical (unpaired) electrons. The van der Waals surface area contributed by atoms with Gasteiger partial charge in [0.15, 0.2) is 11.2 Å². The summed E-state index contributed by atoms with van der Waals surface area (Å²) in [4.78, 5) is 42.8. The number of aromatic nitrogens is 4. The second-order valence-electron chi connectivity index (χ2n) is 6.45. The number of imidazole rings is 1. The summed E-state index contributed by atoms with van der Waals surface area (Å²) in [6.45, 7) is 4.51. The largest absolute Gasteiger partial charge is 0.457 e. The molecule has 0 aromatic carbocycles. The van der Waals surface area contributed by atoms with Gasteiger partial charge in [0.1, 0.15) is 12.4 Å². The number of aromatic amines is 1. The van der Waals surface area contributed by atoms with Crippen LogP contribution in [-0.2, 0) is 29.7 Å². The highest BCUT2D eigenvalue weighted by molar-refractivity contribution is 5.75. The van der Waals surface area contributed by atoms with Gasteiger partial charge in [-0.25, -0.2) is 9.78 Å². The highest BCUT2D eigenvalue weighted by atomic mass is 16.5. The van der Waals surface area contributed by atoms with E-state index in [4.69, 9.17) is 4.74 Å². The Morgan fingerprint density at radius 1 is 1.42 bits per heavy atom. The first kappa shape index (κ1) is 16.5. The average Bonchev–Trinajstić information content (AvgIpc) is 3.17. The molecule has 1 N–H and O–H groups in total. The minimum atomic E-state index is -0.480. The van der Waals surface area contributed by atoms with E-state index in [1.807, 2.05) is 13.8 Å². The highest BCUT2D eigenvalue weighted by Crippen LogP contribution is 2.38. The van der Waals surface area contributed by atoms with Crippen molar-refractivity contribution in [1.82, 2.24) is 19.1 Å². The van der Waals surface area contributed by atoms with E-state index >= 15 is 0 Å². The summed E-state index contributed by atoms with van der Waals surface area (Å²) in [6.07, 6.45) is 2.59.